The molecule has 0 amide bonds. The highest BCUT2D eigenvalue weighted by atomic mass is 16.5. The van der Waals surface area contributed by atoms with Gasteiger partial charge in [-0.3, -0.25) is 0 Å². The molecule has 1 N–H and O–H groups in total. The Balaban J connectivity index is 1.85. The summed E-state index contributed by atoms with van der Waals surface area (Å²) in [6.07, 6.45) is 0. The van der Waals surface area contributed by atoms with Crippen LogP contribution >= 0.6 is 0 Å². The van der Waals surface area contributed by atoms with Gasteiger partial charge in [0.1, 0.15) is 5.76 Å². The zero-order valence-corrected chi connectivity index (χ0v) is 11.3. The first-order valence-electron chi connectivity index (χ1n) is 7.19. The Hall–Kier alpha value is -2.16. The Labute approximate surface area is 118 Å². The van der Waals surface area contributed by atoms with Gasteiger partial charge < -0.3 is 9.88 Å². The standard InChI is InChI=1S/C17H14BNO/c1-18-19-16-14-10-6-2-4-8-12(10)15(17(16)20-18)13-9-5-3-7-11(13)14/h2-9,14-15,19H,1H3. The monoisotopic (exact) mass is 259 g/mol. The fourth-order valence-corrected chi connectivity index (χ4v) is 4.02. The average Bonchev–Trinajstić information content (AvgIpc) is 2.88. The maximum Gasteiger partial charge on any atom is 0.476 e. The molecule has 2 aromatic rings. The molecule has 20 heavy (non-hydrogen) atoms. The van der Waals surface area contributed by atoms with Gasteiger partial charge in [0, 0.05) is 0 Å². The second-order valence-corrected chi connectivity index (χ2v) is 5.81. The predicted octanol–water partition coefficient (Wildman–Crippen LogP) is 3.23. The maximum atomic E-state index is 6.08. The first-order chi connectivity index (χ1) is 9.84. The summed E-state index contributed by atoms with van der Waals surface area (Å²) >= 11 is 0. The molecule has 0 spiro atoms. The zero-order valence-electron chi connectivity index (χ0n) is 11.3. The summed E-state index contributed by atoms with van der Waals surface area (Å²) in [6, 6.07) is 17.6. The van der Waals surface area contributed by atoms with Crippen LogP contribution in [0.1, 0.15) is 34.1 Å². The second-order valence-electron chi connectivity index (χ2n) is 5.81. The lowest BCUT2D eigenvalue weighted by Crippen LogP contribution is -2.31. The second kappa shape index (κ2) is 3.48. The quantitative estimate of drug-likeness (QED) is 0.733. The van der Waals surface area contributed by atoms with E-state index in [4.69, 9.17) is 4.65 Å². The molecule has 0 radical (unpaired) electrons. The summed E-state index contributed by atoms with van der Waals surface area (Å²) in [4.78, 5) is 0. The van der Waals surface area contributed by atoms with E-state index in [0.29, 0.717) is 5.92 Å². The lowest BCUT2D eigenvalue weighted by atomic mass is 9.65. The van der Waals surface area contributed by atoms with E-state index in [0.717, 1.165) is 5.76 Å². The number of hydrogen-bond donors (Lipinski definition) is 1. The molecule has 0 aromatic heterocycles. The van der Waals surface area contributed by atoms with E-state index in [1.807, 2.05) is 0 Å². The van der Waals surface area contributed by atoms with E-state index in [-0.39, 0.29) is 13.0 Å². The van der Waals surface area contributed by atoms with Crippen molar-refractivity contribution in [3.05, 3.63) is 82.2 Å². The van der Waals surface area contributed by atoms with Crippen LogP contribution in [0.15, 0.2) is 60.0 Å². The van der Waals surface area contributed by atoms with E-state index in [1.165, 1.54) is 28.0 Å². The molecule has 4 aliphatic rings. The average molecular weight is 259 g/mol. The predicted molar refractivity (Wildman–Crippen MR) is 79.4 cm³/mol. The minimum absolute atomic E-state index is 0.0774. The van der Waals surface area contributed by atoms with Gasteiger partial charge in [-0.2, -0.15) is 0 Å². The molecule has 2 nitrogen and oxygen atoms in total. The fraction of sp³-hybridized carbons (Fsp3) is 0.176. The first kappa shape index (κ1) is 10.6. The first-order valence-corrected chi connectivity index (χ1v) is 7.19. The molecule has 2 aromatic carbocycles. The van der Waals surface area contributed by atoms with Gasteiger partial charge in [0.25, 0.3) is 0 Å². The van der Waals surface area contributed by atoms with E-state index in [1.54, 1.807) is 0 Å². The SMILES string of the molecule is CB1NC2=C(O1)C1c3ccccc3C2c2ccccc21. The van der Waals surface area contributed by atoms with Crippen molar-refractivity contribution < 1.29 is 4.65 Å². The third kappa shape index (κ3) is 1.12. The summed E-state index contributed by atoms with van der Waals surface area (Å²) in [6.45, 7) is 2.08. The van der Waals surface area contributed by atoms with Gasteiger partial charge >= 0.3 is 7.05 Å². The van der Waals surface area contributed by atoms with E-state index in [9.17, 15) is 0 Å². The topological polar surface area (TPSA) is 21.3 Å². The summed E-state index contributed by atoms with van der Waals surface area (Å²) < 4.78 is 6.08. The van der Waals surface area contributed by atoms with Crippen LogP contribution in [0.5, 0.6) is 0 Å². The van der Waals surface area contributed by atoms with Crippen LogP contribution in [-0.2, 0) is 4.65 Å². The molecule has 96 valence electrons. The Morgan fingerprint density at radius 1 is 0.850 bits per heavy atom. The summed E-state index contributed by atoms with van der Waals surface area (Å²) in [5, 5.41) is 3.53. The van der Waals surface area contributed by atoms with Crippen molar-refractivity contribution in [3.63, 3.8) is 0 Å². The van der Waals surface area contributed by atoms with Gasteiger partial charge in [-0.25, -0.2) is 0 Å². The van der Waals surface area contributed by atoms with E-state index in [2.05, 4.69) is 60.6 Å². The zero-order chi connectivity index (χ0) is 13.3. The van der Waals surface area contributed by atoms with Crippen molar-refractivity contribution in [2.75, 3.05) is 0 Å². The Morgan fingerprint density at radius 2 is 1.35 bits per heavy atom. The third-order valence-electron chi connectivity index (χ3n) is 4.71. The maximum absolute atomic E-state index is 6.08. The normalized spacial score (nSPS) is 24.8. The number of allylic oxidation sites excluding steroid dienone is 2. The number of hydrogen-bond acceptors (Lipinski definition) is 2. The highest BCUT2D eigenvalue weighted by Gasteiger charge is 2.47. The van der Waals surface area contributed by atoms with Crippen molar-refractivity contribution in [1.82, 2.24) is 5.23 Å². The smallest absolute Gasteiger partial charge is 0.476 e. The summed E-state index contributed by atoms with van der Waals surface area (Å²) in [7, 11) is 0.0774. The highest BCUT2D eigenvalue weighted by molar-refractivity contribution is 6.49. The van der Waals surface area contributed by atoms with E-state index < -0.39 is 0 Å². The van der Waals surface area contributed by atoms with Gasteiger partial charge in [0.15, 0.2) is 0 Å². The van der Waals surface area contributed by atoms with Crippen LogP contribution in [0, 0.1) is 0 Å². The largest absolute Gasteiger partial charge is 0.543 e. The molecule has 0 saturated carbocycles. The van der Waals surface area contributed by atoms with Crippen molar-refractivity contribution in [2.45, 2.75) is 18.7 Å². The van der Waals surface area contributed by atoms with Crippen LogP contribution in [0.3, 0.4) is 0 Å². The van der Waals surface area contributed by atoms with Gasteiger partial charge in [-0.05, 0) is 29.1 Å². The Morgan fingerprint density at radius 3 is 1.90 bits per heavy atom. The number of benzene rings is 2. The van der Waals surface area contributed by atoms with Crippen LogP contribution in [0.4, 0.5) is 0 Å². The van der Waals surface area contributed by atoms with Crippen LogP contribution in [-0.4, -0.2) is 7.05 Å². The lowest BCUT2D eigenvalue weighted by molar-refractivity contribution is 0.405. The molecular weight excluding hydrogens is 245 g/mol. The number of rotatable bonds is 0. The van der Waals surface area contributed by atoms with Crippen LogP contribution in [0.2, 0.25) is 6.82 Å². The molecule has 0 atom stereocenters. The van der Waals surface area contributed by atoms with Crippen molar-refractivity contribution in [2.24, 2.45) is 0 Å². The summed E-state index contributed by atoms with van der Waals surface area (Å²) in [5.41, 5.74) is 6.96. The molecule has 0 fully saturated rings. The molecule has 1 heterocycles. The molecule has 2 bridgehead atoms. The molecule has 0 saturated heterocycles. The van der Waals surface area contributed by atoms with Crippen molar-refractivity contribution >= 4 is 7.05 Å². The molecule has 6 rings (SSSR count). The summed E-state index contributed by atoms with van der Waals surface area (Å²) in [5.74, 6) is 1.71. The minimum atomic E-state index is 0.0774. The molecule has 3 heteroatoms. The molecule has 0 unspecified atom stereocenters. The Bertz CT molecular complexity index is 658. The van der Waals surface area contributed by atoms with Crippen molar-refractivity contribution in [3.8, 4) is 0 Å². The van der Waals surface area contributed by atoms with Gasteiger partial charge in [0.05, 0.1) is 17.5 Å². The Kier molecular flexibility index (Phi) is 1.85. The van der Waals surface area contributed by atoms with Gasteiger partial charge in [-0.1, -0.05) is 48.5 Å². The van der Waals surface area contributed by atoms with Gasteiger partial charge in [0.2, 0.25) is 0 Å². The lowest BCUT2D eigenvalue weighted by Gasteiger charge is -2.40. The number of nitrogens with one attached hydrogen (secondary N) is 1. The molecular formula is C17H14BNO. The minimum Gasteiger partial charge on any atom is -0.543 e. The van der Waals surface area contributed by atoms with E-state index >= 15 is 0 Å². The highest BCUT2D eigenvalue weighted by Crippen LogP contribution is 2.56. The van der Waals surface area contributed by atoms with Crippen LogP contribution in [0.25, 0.3) is 0 Å². The molecule has 3 aliphatic carbocycles. The third-order valence-corrected chi connectivity index (χ3v) is 4.71. The van der Waals surface area contributed by atoms with Gasteiger partial charge in [-0.15, -0.1) is 0 Å². The van der Waals surface area contributed by atoms with Crippen molar-refractivity contribution in [1.29, 1.82) is 0 Å². The fourth-order valence-electron chi connectivity index (χ4n) is 4.02. The molecule has 1 aliphatic heterocycles. The van der Waals surface area contributed by atoms with Crippen LogP contribution < -0.4 is 5.23 Å².